The maximum Gasteiger partial charge on any atom is 0.310 e. The molecule has 1 aromatic heterocycles. The monoisotopic (exact) mass is 366 g/mol. The third-order valence-electron chi connectivity index (χ3n) is 2.05. The maximum atomic E-state index is 12.5. The van der Waals surface area contributed by atoms with Gasteiger partial charge in [0.15, 0.2) is 0 Å². The summed E-state index contributed by atoms with van der Waals surface area (Å²) in [6, 6.07) is 2.89. The van der Waals surface area contributed by atoms with Crippen molar-refractivity contribution in [1.82, 2.24) is 4.98 Å². The summed E-state index contributed by atoms with van der Waals surface area (Å²) in [5, 5.41) is 8.88. The molecule has 0 radical (unpaired) electrons. The van der Waals surface area contributed by atoms with E-state index in [1.165, 1.54) is 6.07 Å². The molecular weight excluding hydrogens is 357 g/mol. The van der Waals surface area contributed by atoms with Gasteiger partial charge in [0.05, 0.1) is 13.0 Å². The Morgan fingerprint density at radius 1 is 1.67 bits per heavy atom. The largest absolute Gasteiger partial charge is 0.466 e. The molecule has 0 aliphatic carbocycles. The van der Waals surface area contributed by atoms with Crippen molar-refractivity contribution in [3.63, 3.8) is 0 Å². The van der Waals surface area contributed by atoms with E-state index in [-0.39, 0.29) is 18.7 Å². The van der Waals surface area contributed by atoms with Crippen LogP contribution in [0.15, 0.2) is 6.07 Å². The fourth-order valence-electron chi connectivity index (χ4n) is 1.29. The lowest BCUT2D eigenvalue weighted by Crippen LogP contribution is -2.12. The zero-order valence-electron chi connectivity index (χ0n) is 9.41. The molecule has 0 unspecified atom stereocenters. The van der Waals surface area contributed by atoms with Crippen LogP contribution >= 0.6 is 22.6 Å². The summed E-state index contributed by atoms with van der Waals surface area (Å²) in [4.78, 5) is 14.9. The molecule has 0 fully saturated rings. The maximum absolute atomic E-state index is 12.5. The van der Waals surface area contributed by atoms with Crippen LogP contribution in [0.25, 0.3) is 0 Å². The molecule has 0 saturated carbocycles. The van der Waals surface area contributed by atoms with Gasteiger partial charge in [-0.2, -0.15) is 5.26 Å². The number of nitriles is 1. The number of carbonyl (C=O) groups excluding carboxylic acids is 1. The van der Waals surface area contributed by atoms with Crippen LogP contribution in [-0.4, -0.2) is 17.6 Å². The minimum absolute atomic E-state index is 0.147. The molecule has 0 atom stereocenters. The lowest BCUT2D eigenvalue weighted by atomic mass is 10.1. The van der Waals surface area contributed by atoms with E-state index in [4.69, 9.17) is 10.00 Å². The molecule has 96 valence electrons. The summed E-state index contributed by atoms with van der Waals surface area (Å²) in [5.74, 6) is -0.515. The minimum atomic E-state index is -2.75. The second kappa shape index (κ2) is 6.58. The highest BCUT2D eigenvalue weighted by Crippen LogP contribution is 2.23. The van der Waals surface area contributed by atoms with Crippen LogP contribution in [0, 0.1) is 14.9 Å². The zero-order valence-corrected chi connectivity index (χ0v) is 11.6. The Morgan fingerprint density at radius 2 is 2.33 bits per heavy atom. The normalized spacial score (nSPS) is 10.2. The molecule has 1 heterocycles. The molecule has 18 heavy (non-hydrogen) atoms. The van der Waals surface area contributed by atoms with Crippen LogP contribution in [0.2, 0.25) is 0 Å². The van der Waals surface area contributed by atoms with Crippen LogP contribution in [0.1, 0.15) is 30.3 Å². The van der Waals surface area contributed by atoms with Gasteiger partial charge in [0.1, 0.15) is 17.5 Å². The molecule has 0 aromatic carbocycles. The van der Waals surface area contributed by atoms with E-state index < -0.39 is 18.1 Å². The van der Waals surface area contributed by atoms with Gasteiger partial charge in [0, 0.05) is 9.13 Å². The average Bonchev–Trinajstić information content (AvgIpc) is 2.31. The van der Waals surface area contributed by atoms with E-state index in [2.05, 4.69) is 4.98 Å². The molecule has 0 aliphatic rings. The number of rotatable bonds is 4. The summed E-state index contributed by atoms with van der Waals surface area (Å²) < 4.78 is 30.2. The fourth-order valence-corrected chi connectivity index (χ4v) is 2.05. The van der Waals surface area contributed by atoms with Gasteiger partial charge in [-0.1, -0.05) is 0 Å². The Kier molecular flexibility index (Phi) is 5.40. The standard InChI is InChI=1S/C11H9F2IN2O2/c1-2-18-10(17)3-6-7(14)4-8(11(12)13)16-9(6)5-15/h4,11H,2-3H2,1H3. The second-order valence-electron chi connectivity index (χ2n) is 3.25. The molecule has 1 rings (SSSR count). The summed E-state index contributed by atoms with van der Waals surface area (Å²) in [6.07, 6.45) is -2.90. The zero-order chi connectivity index (χ0) is 13.7. The number of hydrogen-bond acceptors (Lipinski definition) is 4. The predicted octanol–water partition coefficient (Wildman–Crippen LogP) is 2.60. The van der Waals surface area contributed by atoms with Crippen LogP contribution in [0.5, 0.6) is 0 Å². The summed E-state index contributed by atoms with van der Waals surface area (Å²) in [6.45, 7) is 1.88. The van der Waals surface area contributed by atoms with Crippen molar-refractivity contribution in [2.75, 3.05) is 6.61 Å². The van der Waals surface area contributed by atoms with E-state index in [0.29, 0.717) is 9.13 Å². The average molecular weight is 366 g/mol. The summed E-state index contributed by atoms with van der Waals surface area (Å²) in [7, 11) is 0. The topological polar surface area (TPSA) is 63.0 Å². The van der Waals surface area contributed by atoms with Crippen molar-refractivity contribution in [3.05, 3.63) is 26.6 Å². The number of carbonyl (C=O) groups is 1. The van der Waals surface area contributed by atoms with Crippen molar-refractivity contribution in [3.8, 4) is 6.07 Å². The van der Waals surface area contributed by atoms with Crippen LogP contribution in [-0.2, 0) is 16.0 Å². The Morgan fingerprint density at radius 3 is 2.83 bits per heavy atom. The van der Waals surface area contributed by atoms with E-state index >= 15 is 0 Å². The number of ether oxygens (including phenoxy) is 1. The van der Waals surface area contributed by atoms with Crippen molar-refractivity contribution in [2.24, 2.45) is 0 Å². The summed E-state index contributed by atoms with van der Waals surface area (Å²) in [5.41, 5.74) is -0.310. The molecule has 0 spiro atoms. The quantitative estimate of drug-likeness (QED) is 0.607. The van der Waals surface area contributed by atoms with Gasteiger partial charge in [-0.25, -0.2) is 13.8 Å². The van der Waals surface area contributed by atoms with Crippen molar-refractivity contribution in [2.45, 2.75) is 19.8 Å². The van der Waals surface area contributed by atoms with Gasteiger partial charge in [-0.15, -0.1) is 0 Å². The first-order valence-corrected chi connectivity index (χ1v) is 6.10. The van der Waals surface area contributed by atoms with E-state index in [1.807, 2.05) is 0 Å². The SMILES string of the molecule is CCOC(=O)Cc1c(I)cc(C(F)F)nc1C#N. The molecule has 7 heteroatoms. The number of esters is 1. The highest BCUT2D eigenvalue weighted by atomic mass is 127. The number of alkyl halides is 2. The minimum Gasteiger partial charge on any atom is -0.466 e. The highest BCUT2D eigenvalue weighted by molar-refractivity contribution is 14.1. The van der Waals surface area contributed by atoms with Gasteiger partial charge in [-0.05, 0) is 35.6 Å². The van der Waals surface area contributed by atoms with Crippen molar-refractivity contribution in [1.29, 1.82) is 5.26 Å². The molecule has 4 nitrogen and oxygen atoms in total. The first kappa shape index (κ1) is 14.8. The van der Waals surface area contributed by atoms with Crippen LogP contribution < -0.4 is 0 Å². The number of pyridine rings is 1. The number of aromatic nitrogens is 1. The first-order valence-electron chi connectivity index (χ1n) is 5.02. The van der Waals surface area contributed by atoms with Gasteiger partial charge in [0.25, 0.3) is 6.43 Å². The fraction of sp³-hybridized carbons (Fsp3) is 0.364. The predicted molar refractivity (Wildman–Crippen MR) is 67.0 cm³/mol. The number of hydrogen-bond donors (Lipinski definition) is 0. The lowest BCUT2D eigenvalue weighted by Gasteiger charge is -2.08. The van der Waals surface area contributed by atoms with E-state index in [1.54, 1.807) is 35.6 Å². The Balaban J connectivity index is 3.12. The van der Waals surface area contributed by atoms with Gasteiger partial charge in [-0.3, -0.25) is 4.79 Å². The van der Waals surface area contributed by atoms with Crippen LogP contribution in [0.4, 0.5) is 8.78 Å². The van der Waals surface area contributed by atoms with Gasteiger partial charge < -0.3 is 4.74 Å². The smallest absolute Gasteiger partial charge is 0.310 e. The molecule has 1 aromatic rings. The second-order valence-corrected chi connectivity index (χ2v) is 4.41. The summed E-state index contributed by atoms with van der Waals surface area (Å²) >= 11 is 1.80. The molecule has 0 N–H and O–H groups in total. The Labute approximate surface area is 116 Å². The number of halogens is 3. The van der Waals surface area contributed by atoms with Crippen molar-refractivity contribution >= 4 is 28.6 Å². The molecule has 0 amide bonds. The third kappa shape index (κ3) is 3.60. The highest BCUT2D eigenvalue weighted by Gasteiger charge is 2.18. The van der Waals surface area contributed by atoms with Gasteiger partial charge in [0.2, 0.25) is 0 Å². The van der Waals surface area contributed by atoms with Crippen molar-refractivity contribution < 1.29 is 18.3 Å². The molecule has 0 bridgehead atoms. The molecule has 0 saturated heterocycles. The van der Waals surface area contributed by atoms with Gasteiger partial charge >= 0.3 is 5.97 Å². The Hall–Kier alpha value is -1.30. The van der Waals surface area contributed by atoms with E-state index in [9.17, 15) is 13.6 Å². The van der Waals surface area contributed by atoms with Crippen LogP contribution in [0.3, 0.4) is 0 Å². The lowest BCUT2D eigenvalue weighted by molar-refractivity contribution is -0.142. The van der Waals surface area contributed by atoms with E-state index in [0.717, 1.165) is 0 Å². The number of nitrogens with zero attached hydrogens (tertiary/aromatic N) is 2. The first-order chi connectivity index (χ1) is 8.49. The molecular formula is C11H9F2IN2O2. The third-order valence-corrected chi connectivity index (χ3v) is 3.01. The molecule has 0 aliphatic heterocycles. The Bertz CT molecular complexity index is 501.